The van der Waals surface area contributed by atoms with Crippen LogP contribution in [0.1, 0.15) is 30.7 Å². The molecule has 0 aromatic heterocycles. The maximum absolute atomic E-state index is 11.5. The summed E-state index contributed by atoms with van der Waals surface area (Å²) in [5.41, 5.74) is 9.74. The predicted octanol–water partition coefficient (Wildman–Crippen LogP) is 0.518. The molecular weight excluding hydrogens is 260 g/mol. The quantitative estimate of drug-likeness (QED) is 0.638. The average molecular weight is 278 g/mol. The molecule has 6 N–H and O–H groups in total. The van der Waals surface area contributed by atoms with Crippen LogP contribution in [0.3, 0.4) is 0 Å². The molecule has 2 rings (SSSR count). The van der Waals surface area contributed by atoms with Crippen molar-refractivity contribution in [3.8, 4) is 0 Å². The van der Waals surface area contributed by atoms with E-state index in [1.165, 1.54) is 0 Å². The first-order chi connectivity index (χ1) is 9.29. The third kappa shape index (κ3) is 2.28. The van der Waals surface area contributed by atoms with Crippen molar-refractivity contribution in [1.29, 1.82) is 0 Å². The lowest BCUT2D eigenvalue weighted by atomic mass is 9.64. The van der Waals surface area contributed by atoms with Crippen molar-refractivity contribution in [2.24, 2.45) is 11.5 Å². The summed E-state index contributed by atoms with van der Waals surface area (Å²) >= 11 is 0. The zero-order valence-electron chi connectivity index (χ0n) is 11.0. The normalized spacial score (nSPS) is 33.6. The maximum Gasteiger partial charge on any atom is 0.324 e. The fraction of sp³-hybridized carbons (Fsp3) is 0.429. The summed E-state index contributed by atoms with van der Waals surface area (Å²) in [7, 11) is 0. The molecule has 0 aliphatic heterocycles. The van der Waals surface area contributed by atoms with Crippen LogP contribution in [-0.4, -0.2) is 33.2 Å². The largest absolute Gasteiger partial charge is 0.480 e. The Hall–Kier alpha value is -1.92. The first-order valence-corrected chi connectivity index (χ1v) is 6.39. The van der Waals surface area contributed by atoms with Crippen LogP contribution in [0.15, 0.2) is 30.3 Å². The average Bonchev–Trinajstić information content (AvgIpc) is 2.42. The van der Waals surface area contributed by atoms with Gasteiger partial charge in [-0.15, -0.1) is 0 Å². The first-order valence-electron chi connectivity index (χ1n) is 6.39. The summed E-state index contributed by atoms with van der Waals surface area (Å²) in [6, 6.07) is 8.85. The second kappa shape index (κ2) is 4.88. The molecule has 1 aliphatic rings. The van der Waals surface area contributed by atoms with Gasteiger partial charge in [-0.1, -0.05) is 30.3 Å². The number of carboxylic acid groups (broad SMARTS) is 2. The smallest absolute Gasteiger partial charge is 0.324 e. The highest BCUT2D eigenvalue weighted by molar-refractivity contribution is 5.83. The summed E-state index contributed by atoms with van der Waals surface area (Å²) in [6.07, 6.45) is 0.0916. The third-order valence-corrected chi connectivity index (χ3v) is 4.20. The number of aliphatic carboxylic acids is 2. The Morgan fingerprint density at radius 3 is 2.15 bits per heavy atom. The van der Waals surface area contributed by atoms with Gasteiger partial charge >= 0.3 is 11.9 Å². The molecule has 108 valence electrons. The van der Waals surface area contributed by atoms with Gasteiger partial charge in [0, 0.05) is 5.92 Å². The van der Waals surface area contributed by atoms with Crippen LogP contribution in [0, 0.1) is 0 Å². The number of benzene rings is 1. The van der Waals surface area contributed by atoms with E-state index in [9.17, 15) is 19.8 Å². The van der Waals surface area contributed by atoms with Gasteiger partial charge in [-0.3, -0.25) is 9.59 Å². The SMILES string of the molecule is NC1(C(=O)O)CCC(N)(C(=O)O)C(c2ccccc2)C1. The summed E-state index contributed by atoms with van der Waals surface area (Å²) in [4.78, 5) is 22.8. The highest BCUT2D eigenvalue weighted by Crippen LogP contribution is 2.43. The highest BCUT2D eigenvalue weighted by Gasteiger charge is 2.53. The molecule has 1 saturated carbocycles. The molecule has 6 heteroatoms. The molecule has 0 saturated heterocycles. The Morgan fingerprint density at radius 1 is 1.05 bits per heavy atom. The second-order valence-electron chi connectivity index (χ2n) is 5.47. The van der Waals surface area contributed by atoms with Crippen molar-refractivity contribution in [3.05, 3.63) is 35.9 Å². The van der Waals surface area contributed by atoms with E-state index in [1.807, 2.05) is 0 Å². The molecule has 1 aliphatic carbocycles. The van der Waals surface area contributed by atoms with Crippen LogP contribution < -0.4 is 11.5 Å². The number of carboxylic acids is 2. The monoisotopic (exact) mass is 278 g/mol. The Balaban J connectivity index is 2.44. The number of nitrogens with two attached hydrogens (primary N) is 2. The molecular formula is C14H18N2O4. The Labute approximate surface area is 116 Å². The molecule has 20 heavy (non-hydrogen) atoms. The van der Waals surface area contributed by atoms with Gasteiger partial charge in [-0.2, -0.15) is 0 Å². The minimum absolute atomic E-state index is 0.00907. The van der Waals surface area contributed by atoms with Crippen molar-refractivity contribution in [2.75, 3.05) is 0 Å². The lowest BCUT2D eigenvalue weighted by Gasteiger charge is -2.44. The minimum atomic E-state index is -1.49. The summed E-state index contributed by atoms with van der Waals surface area (Å²) in [6.45, 7) is 0. The first kappa shape index (κ1) is 14.5. The molecule has 1 aromatic rings. The zero-order valence-corrected chi connectivity index (χ0v) is 11.0. The van der Waals surface area contributed by atoms with Crippen LogP contribution in [-0.2, 0) is 9.59 Å². The van der Waals surface area contributed by atoms with E-state index in [1.54, 1.807) is 30.3 Å². The predicted molar refractivity (Wildman–Crippen MR) is 72.1 cm³/mol. The molecule has 0 heterocycles. The molecule has 1 aromatic carbocycles. The van der Waals surface area contributed by atoms with E-state index in [2.05, 4.69) is 0 Å². The minimum Gasteiger partial charge on any atom is -0.480 e. The van der Waals surface area contributed by atoms with Crippen molar-refractivity contribution in [1.82, 2.24) is 0 Å². The van der Waals surface area contributed by atoms with Crippen LogP contribution in [0.4, 0.5) is 0 Å². The fourth-order valence-corrected chi connectivity index (χ4v) is 2.80. The molecule has 3 atom stereocenters. The lowest BCUT2D eigenvalue weighted by molar-refractivity contribution is -0.152. The summed E-state index contributed by atoms with van der Waals surface area (Å²) in [5, 5.41) is 18.7. The Kier molecular flexibility index (Phi) is 3.54. The van der Waals surface area contributed by atoms with Gasteiger partial charge in [-0.05, 0) is 24.8 Å². The summed E-state index contributed by atoms with van der Waals surface area (Å²) < 4.78 is 0. The molecule has 0 bridgehead atoms. The van der Waals surface area contributed by atoms with E-state index >= 15 is 0 Å². The molecule has 3 unspecified atom stereocenters. The zero-order chi connectivity index (χ0) is 15.0. The topological polar surface area (TPSA) is 127 Å². The van der Waals surface area contributed by atoms with Crippen LogP contribution in [0.2, 0.25) is 0 Å². The van der Waals surface area contributed by atoms with E-state index in [0.717, 1.165) is 0 Å². The Morgan fingerprint density at radius 2 is 1.65 bits per heavy atom. The van der Waals surface area contributed by atoms with E-state index in [0.29, 0.717) is 5.56 Å². The van der Waals surface area contributed by atoms with Crippen LogP contribution in [0.5, 0.6) is 0 Å². The van der Waals surface area contributed by atoms with Gasteiger partial charge in [-0.25, -0.2) is 0 Å². The van der Waals surface area contributed by atoms with E-state index in [-0.39, 0.29) is 19.3 Å². The molecule has 0 amide bonds. The van der Waals surface area contributed by atoms with Crippen molar-refractivity contribution >= 4 is 11.9 Å². The second-order valence-corrected chi connectivity index (χ2v) is 5.47. The van der Waals surface area contributed by atoms with Crippen LogP contribution in [0.25, 0.3) is 0 Å². The van der Waals surface area contributed by atoms with Gasteiger partial charge in [0.25, 0.3) is 0 Å². The number of carbonyl (C=O) groups is 2. The van der Waals surface area contributed by atoms with Gasteiger partial charge < -0.3 is 21.7 Å². The maximum atomic E-state index is 11.5. The van der Waals surface area contributed by atoms with E-state index < -0.39 is 28.9 Å². The number of hydrogen-bond acceptors (Lipinski definition) is 4. The third-order valence-electron chi connectivity index (χ3n) is 4.20. The van der Waals surface area contributed by atoms with Gasteiger partial charge in [0.1, 0.15) is 11.1 Å². The van der Waals surface area contributed by atoms with Gasteiger partial charge in [0.15, 0.2) is 0 Å². The van der Waals surface area contributed by atoms with Crippen molar-refractivity contribution < 1.29 is 19.8 Å². The van der Waals surface area contributed by atoms with Gasteiger partial charge in [0.05, 0.1) is 0 Å². The molecule has 1 fully saturated rings. The fourth-order valence-electron chi connectivity index (χ4n) is 2.80. The van der Waals surface area contributed by atoms with Crippen LogP contribution >= 0.6 is 0 Å². The molecule has 0 spiro atoms. The Bertz CT molecular complexity index is 533. The lowest BCUT2D eigenvalue weighted by Crippen LogP contribution is -2.63. The van der Waals surface area contributed by atoms with Crippen molar-refractivity contribution in [2.45, 2.75) is 36.3 Å². The molecule has 0 radical (unpaired) electrons. The van der Waals surface area contributed by atoms with E-state index in [4.69, 9.17) is 11.5 Å². The van der Waals surface area contributed by atoms with Gasteiger partial charge in [0.2, 0.25) is 0 Å². The summed E-state index contributed by atoms with van der Waals surface area (Å²) in [5.74, 6) is -2.87. The standard InChI is InChI=1S/C14H18N2O4/c15-13(11(17)18)6-7-14(16,12(19)20)10(8-13)9-4-2-1-3-5-9/h1-5,10H,6-8,15-16H2,(H,17,18)(H,19,20). The number of rotatable bonds is 3. The van der Waals surface area contributed by atoms with Crippen molar-refractivity contribution in [3.63, 3.8) is 0 Å². The molecule has 6 nitrogen and oxygen atoms in total. The highest BCUT2D eigenvalue weighted by atomic mass is 16.4. The number of hydrogen-bond donors (Lipinski definition) is 4.